The minimum atomic E-state index is -4.34. The number of hydrogen-bond acceptors (Lipinski definition) is 4. The normalized spacial score (nSPS) is 13.3. The lowest BCUT2D eigenvalue weighted by Gasteiger charge is -2.21. The lowest BCUT2D eigenvalue weighted by atomic mass is 10.0. The van der Waals surface area contributed by atoms with Crippen molar-refractivity contribution >= 4 is 16.0 Å². The Bertz CT molecular complexity index is 846. The maximum atomic E-state index is 12.5. The van der Waals surface area contributed by atoms with Crippen LogP contribution >= 0.6 is 0 Å². The van der Waals surface area contributed by atoms with Crippen molar-refractivity contribution in [2.75, 3.05) is 5.75 Å². The van der Waals surface area contributed by atoms with Crippen molar-refractivity contribution in [3.8, 4) is 0 Å². The molecule has 50 heavy (non-hydrogen) atoms. The highest BCUT2D eigenvalue weighted by Crippen LogP contribution is 2.16. The molecule has 0 radical (unpaired) electrons. The van der Waals surface area contributed by atoms with Gasteiger partial charge in [-0.25, -0.2) is 0 Å². The van der Waals surface area contributed by atoms with E-state index in [1.165, 1.54) is 180 Å². The van der Waals surface area contributed by atoms with E-state index in [4.69, 9.17) is 0 Å². The van der Waals surface area contributed by atoms with Gasteiger partial charge in [0.15, 0.2) is 0 Å². The molecule has 0 fully saturated rings. The molecule has 6 nitrogen and oxygen atoms in total. The summed E-state index contributed by atoms with van der Waals surface area (Å²) in [6.07, 6.45) is 46.3. The van der Waals surface area contributed by atoms with Crippen LogP contribution in [-0.2, 0) is 14.9 Å². The third kappa shape index (κ3) is 38.3. The molecule has 2 atom stereocenters. The number of unbranched alkanes of at least 4 members (excludes halogenated alkanes) is 32. The highest BCUT2D eigenvalue weighted by atomic mass is 32.2. The van der Waals surface area contributed by atoms with Crippen LogP contribution in [-0.4, -0.2) is 41.9 Å². The number of amides is 1. The molecular weight excluding hydrogens is 643 g/mol. The van der Waals surface area contributed by atoms with Gasteiger partial charge in [0.25, 0.3) is 10.1 Å². The number of nitrogens with one attached hydrogen (secondary N) is 1. The number of rotatable bonds is 40. The minimum Gasteiger partial charge on any atom is -0.387 e. The van der Waals surface area contributed by atoms with Crippen LogP contribution < -0.4 is 5.32 Å². The first-order valence-corrected chi connectivity index (χ1v) is 23.5. The molecule has 0 saturated heterocycles. The number of hydrogen-bond donors (Lipinski definition) is 3. The Morgan fingerprint density at radius 3 is 1.14 bits per heavy atom. The molecule has 3 N–H and O–H groups in total. The van der Waals surface area contributed by atoms with Crippen molar-refractivity contribution in [3.05, 3.63) is 12.2 Å². The van der Waals surface area contributed by atoms with Gasteiger partial charge in [-0.15, -0.1) is 0 Å². The van der Waals surface area contributed by atoms with Gasteiger partial charge in [0, 0.05) is 6.42 Å². The third-order valence-corrected chi connectivity index (χ3v) is 11.0. The van der Waals surface area contributed by atoms with Gasteiger partial charge in [0.2, 0.25) is 5.91 Å². The van der Waals surface area contributed by atoms with Crippen molar-refractivity contribution in [2.45, 2.75) is 251 Å². The molecule has 0 spiro atoms. The highest BCUT2D eigenvalue weighted by Gasteiger charge is 2.24. The average Bonchev–Trinajstić information content (AvgIpc) is 3.08. The van der Waals surface area contributed by atoms with Crippen LogP contribution in [0.2, 0.25) is 0 Å². The minimum absolute atomic E-state index is 0.273. The summed E-state index contributed by atoms with van der Waals surface area (Å²) in [7, 11) is -4.34. The molecule has 0 aliphatic carbocycles. The summed E-state index contributed by atoms with van der Waals surface area (Å²) in [5, 5.41) is 13.3. The summed E-state index contributed by atoms with van der Waals surface area (Å²) in [6, 6.07) is -1.05. The van der Waals surface area contributed by atoms with Crippen LogP contribution in [0.25, 0.3) is 0 Å². The molecule has 7 heteroatoms. The van der Waals surface area contributed by atoms with Gasteiger partial charge in [0.1, 0.15) is 0 Å². The van der Waals surface area contributed by atoms with E-state index in [1.807, 2.05) is 6.08 Å². The van der Waals surface area contributed by atoms with Crippen molar-refractivity contribution in [2.24, 2.45) is 0 Å². The second-order valence-electron chi connectivity index (χ2n) is 15.3. The van der Waals surface area contributed by atoms with Gasteiger partial charge < -0.3 is 10.4 Å². The number of carbonyl (C=O) groups excluding carboxylic acids is 1. The van der Waals surface area contributed by atoms with Crippen LogP contribution in [0.15, 0.2) is 12.2 Å². The molecule has 0 heterocycles. The van der Waals surface area contributed by atoms with Crippen LogP contribution in [0.4, 0.5) is 0 Å². The monoisotopic (exact) mass is 728 g/mol. The maximum Gasteiger partial charge on any atom is 0.267 e. The molecule has 0 aliphatic heterocycles. The summed E-state index contributed by atoms with van der Waals surface area (Å²) in [5.41, 5.74) is 0. The zero-order valence-corrected chi connectivity index (χ0v) is 34.1. The van der Waals surface area contributed by atoms with Gasteiger partial charge in [0.05, 0.1) is 17.9 Å². The summed E-state index contributed by atoms with van der Waals surface area (Å²) in [5.74, 6) is -0.965. The summed E-state index contributed by atoms with van der Waals surface area (Å²) < 4.78 is 32.5. The Kier molecular flexibility index (Phi) is 37.1. The van der Waals surface area contributed by atoms with E-state index in [0.717, 1.165) is 38.5 Å². The largest absolute Gasteiger partial charge is 0.387 e. The van der Waals surface area contributed by atoms with Gasteiger partial charge in [-0.1, -0.05) is 225 Å². The lowest BCUT2D eigenvalue weighted by Crippen LogP contribution is -2.46. The Balaban J connectivity index is 3.85. The van der Waals surface area contributed by atoms with Crippen LogP contribution in [0.3, 0.4) is 0 Å². The average molecular weight is 728 g/mol. The number of aliphatic hydroxyl groups is 1. The van der Waals surface area contributed by atoms with Crippen molar-refractivity contribution in [3.63, 3.8) is 0 Å². The maximum absolute atomic E-state index is 12.5. The van der Waals surface area contributed by atoms with Gasteiger partial charge in [-0.3, -0.25) is 9.35 Å². The Morgan fingerprint density at radius 1 is 0.520 bits per heavy atom. The summed E-state index contributed by atoms with van der Waals surface area (Å²) >= 11 is 0. The molecule has 0 aromatic rings. The van der Waals surface area contributed by atoms with Gasteiger partial charge in [-0.05, 0) is 19.3 Å². The lowest BCUT2D eigenvalue weighted by molar-refractivity contribution is -0.122. The second-order valence-corrected chi connectivity index (χ2v) is 16.8. The number of aliphatic hydroxyl groups excluding tert-OH is 1. The van der Waals surface area contributed by atoms with E-state index in [9.17, 15) is 22.9 Å². The van der Waals surface area contributed by atoms with Crippen molar-refractivity contribution < 1.29 is 22.9 Å². The molecule has 0 rings (SSSR count). The zero-order chi connectivity index (χ0) is 36.8. The fourth-order valence-corrected chi connectivity index (χ4v) is 7.66. The molecule has 2 unspecified atom stereocenters. The second kappa shape index (κ2) is 37.8. The Hall–Kier alpha value is -0.920. The van der Waals surface area contributed by atoms with Crippen LogP contribution in [0.5, 0.6) is 0 Å². The fourth-order valence-electron chi connectivity index (χ4n) is 6.92. The first-order valence-electron chi connectivity index (χ1n) is 21.9. The van der Waals surface area contributed by atoms with E-state index < -0.39 is 28.0 Å². The molecular formula is C43H85NO5S. The van der Waals surface area contributed by atoms with E-state index in [-0.39, 0.29) is 5.91 Å². The fraction of sp³-hybridized carbons (Fsp3) is 0.930. The Labute approximate surface area is 312 Å². The van der Waals surface area contributed by atoms with E-state index in [1.54, 1.807) is 6.08 Å². The topological polar surface area (TPSA) is 104 Å². The molecule has 0 saturated carbocycles. The van der Waals surface area contributed by atoms with Gasteiger partial charge in [-0.2, -0.15) is 8.42 Å². The van der Waals surface area contributed by atoms with Crippen LogP contribution in [0, 0.1) is 0 Å². The quantitative estimate of drug-likeness (QED) is 0.0331. The van der Waals surface area contributed by atoms with E-state index in [2.05, 4.69) is 19.2 Å². The first-order chi connectivity index (χ1) is 24.3. The molecule has 0 aromatic heterocycles. The molecule has 1 amide bonds. The smallest absolute Gasteiger partial charge is 0.267 e. The van der Waals surface area contributed by atoms with Crippen LogP contribution in [0.1, 0.15) is 239 Å². The molecule has 298 valence electrons. The molecule has 0 aromatic carbocycles. The van der Waals surface area contributed by atoms with E-state index in [0.29, 0.717) is 6.42 Å². The molecule has 0 bridgehead atoms. The van der Waals surface area contributed by atoms with Crippen molar-refractivity contribution in [1.82, 2.24) is 5.32 Å². The zero-order valence-electron chi connectivity index (χ0n) is 33.3. The predicted molar refractivity (Wildman–Crippen MR) is 216 cm³/mol. The SMILES string of the molecule is CCCCCCCCCCCCCCCCCC/C=C/C(O)C(CS(=O)(=O)O)NC(=O)CCCCCCCCCCCCCCCCCCC. The summed E-state index contributed by atoms with van der Waals surface area (Å²) in [6.45, 7) is 4.54. The van der Waals surface area contributed by atoms with E-state index >= 15 is 0 Å². The molecule has 0 aliphatic rings. The highest BCUT2D eigenvalue weighted by molar-refractivity contribution is 7.85. The Morgan fingerprint density at radius 2 is 0.820 bits per heavy atom. The standard InChI is InChI=1S/C43H85NO5S/c1-3-5-7-9-11-13-15-17-19-21-23-24-26-28-30-32-34-36-38-42(45)41(40-50(47,48)49)44-43(46)39-37-35-33-31-29-27-25-22-20-18-16-14-12-10-8-6-4-2/h36,38,41-42,45H,3-35,37,39-40H2,1-2H3,(H,44,46)(H,47,48,49)/b38-36+. The third-order valence-electron chi connectivity index (χ3n) is 10.2. The predicted octanol–water partition coefficient (Wildman–Crippen LogP) is 13.0. The number of allylic oxidation sites excluding steroid dienone is 1. The van der Waals surface area contributed by atoms with Gasteiger partial charge >= 0.3 is 0 Å². The first kappa shape index (κ1) is 49.1. The van der Waals surface area contributed by atoms with Crippen molar-refractivity contribution in [1.29, 1.82) is 0 Å². The number of carbonyl (C=O) groups is 1. The summed E-state index contributed by atoms with van der Waals surface area (Å²) in [4.78, 5) is 12.5.